The highest BCUT2D eigenvalue weighted by atomic mass is 15.1. The fourth-order valence-electron chi connectivity index (χ4n) is 2.12. The molecule has 1 N–H and O–H groups in total. The molecule has 0 aromatic rings. The molecule has 1 unspecified atom stereocenters. The third kappa shape index (κ3) is 6.98. The fourth-order valence-corrected chi connectivity index (χ4v) is 2.12. The van der Waals surface area contributed by atoms with Crippen molar-refractivity contribution in [3.63, 3.8) is 0 Å². The van der Waals surface area contributed by atoms with Crippen molar-refractivity contribution in [1.82, 2.24) is 10.2 Å². The molecular formula is C15H31N3. The number of hydrogen-bond acceptors (Lipinski definition) is 3. The van der Waals surface area contributed by atoms with Crippen molar-refractivity contribution in [3.8, 4) is 6.07 Å². The van der Waals surface area contributed by atoms with Crippen LogP contribution in [0, 0.1) is 11.3 Å². The van der Waals surface area contributed by atoms with Crippen LogP contribution in [0.2, 0.25) is 0 Å². The Morgan fingerprint density at radius 2 is 1.78 bits per heavy atom. The number of nitrogens with one attached hydrogen (secondary N) is 1. The van der Waals surface area contributed by atoms with Gasteiger partial charge in [0, 0.05) is 0 Å². The molecule has 0 aliphatic heterocycles. The third-order valence-electron chi connectivity index (χ3n) is 3.57. The minimum absolute atomic E-state index is 0.304. The summed E-state index contributed by atoms with van der Waals surface area (Å²) in [4.78, 5) is 2.38. The lowest BCUT2D eigenvalue weighted by molar-refractivity contribution is 0.291. The maximum absolute atomic E-state index is 9.38. The van der Waals surface area contributed by atoms with Crippen LogP contribution in [0.4, 0.5) is 0 Å². The van der Waals surface area contributed by atoms with Gasteiger partial charge in [0.2, 0.25) is 0 Å². The van der Waals surface area contributed by atoms with E-state index < -0.39 is 0 Å². The zero-order valence-electron chi connectivity index (χ0n) is 12.8. The van der Waals surface area contributed by atoms with E-state index in [4.69, 9.17) is 0 Å². The van der Waals surface area contributed by atoms with E-state index in [-0.39, 0.29) is 5.54 Å². The van der Waals surface area contributed by atoms with E-state index in [1.807, 2.05) is 0 Å². The second-order valence-corrected chi connectivity index (χ2v) is 5.23. The molecule has 0 heterocycles. The van der Waals surface area contributed by atoms with E-state index in [0.29, 0.717) is 0 Å². The molecule has 0 aromatic carbocycles. The van der Waals surface area contributed by atoms with Gasteiger partial charge in [0.05, 0.1) is 6.07 Å². The summed E-state index contributed by atoms with van der Waals surface area (Å²) in [5.74, 6) is 0. The van der Waals surface area contributed by atoms with E-state index >= 15 is 0 Å². The van der Waals surface area contributed by atoms with Crippen LogP contribution in [0.25, 0.3) is 0 Å². The van der Waals surface area contributed by atoms with Gasteiger partial charge in [-0.3, -0.25) is 5.32 Å². The average Bonchev–Trinajstić information content (AvgIpc) is 2.40. The summed E-state index contributed by atoms with van der Waals surface area (Å²) in [6.07, 6.45) is 6.54. The van der Waals surface area contributed by atoms with Gasteiger partial charge in [-0.05, 0) is 58.8 Å². The Morgan fingerprint density at radius 1 is 1.11 bits per heavy atom. The number of unbranched alkanes of at least 4 members (excludes halogenated alkanes) is 1. The fraction of sp³-hybridized carbons (Fsp3) is 0.933. The molecule has 0 rings (SSSR count). The summed E-state index contributed by atoms with van der Waals surface area (Å²) in [7, 11) is 2.18. The molecule has 0 bridgehead atoms. The van der Waals surface area contributed by atoms with Crippen LogP contribution in [0.1, 0.15) is 59.3 Å². The number of rotatable bonds is 11. The van der Waals surface area contributed by atoms with Crippen molar-refractivity contribution in [3.05, 3.63) is 0 Å². The lowest BCUT2D eigenvalue weighted by atomic mass is 9.91. The maximum Gasteiger partial charge on any atom is 0.106 e. The molecule has 0 radical (unpaired) electrons. The first-order valence-corrected chi connectivity index (χ1v) is 7.49. The highest BCUT2D eigenvalue weighted by molar-refractivity contribution is 5.06. The molecule has 0 saturated carbocycles. The van der Waals surface area contributed by atoms with Crippen LogP contribution in [0.5, 0.6) is 0 Å². The summed E-state index contributed by atoms with van der Waals surface area (Å²) in [5.41, 5.74) is -0.304. The highest BCUT2D eigenvalue weighted by Crippen LogP contribution is 2.17. The largest absolute Gasteiger partial charge is 0.306 e. The van der Waals surface area contributed by atoms with Gasteiger partial charge in [-0.25, -0.2) is 0 Å². The third-order valence-corrected chi connectivity index (χ3v) is 3.57. The van der Waals surface area contributed by atoms with Crippen molar-refractivity contribution in [2.24, 2.45) is 0 Å². The molecule has 0 aliphatic rings. The Hall–Kier alpha value is -0.590. The van der Waals surface area contributed by atoms with Gasteiger partial charge in [0.1, 0.15) is 5.54 Å². The van der Waals surface area contributed by atoms with Crippen LogP contribution < -0.4 is 5.32 Å². The van der Waals surface area contributed by atoms with Crippen LogP contribution in [-0.4, -0.2) is 37.1 Å². The molecule has 3 nitrogen and oxygen atoms in total. The van der Waals surface area contributed by atoms with Crippen LogP contribution in [0.3, 0.4) is 0 Å². The maximum atomic E-state index is 9.38. The summed E-state index contributed by atoms with van der Waals surface area (Å²) >= 11 is 0. The molecule has 0 amide bonds. The molecule has 3 heteroatoms. The van der Waals surface area contributed by atoms with Crippen molar-refractivity contribution in [1.29, 1.82) is 5.26 Å². The van der Waals surface area contributed by atoms with Crippen LogP contribution >= 0.6 is 0 Å². The Labute approximate surface area is 114 Å². The van der Waals surface area contributed by atoms with E-state index in [1.54, 1.807) is 0 Å². The van der Waals surface area contributed by atoms with Crippen LogP contribution in [-0.2, 0) is 0 Å². The van der Waals surface area contributed by atoms with Gasteiger partial charge in [-0.15, -0.1) is 0 Å². The summed E-state index contributed by atoms with van der Waals surface area (Å²) < 4.78 is 0. The lowest BCUT2D eigenvalue weighted by Crippen LogP contribution is -2.44. The molecule has 0 aromatic heterocycles. The normalized spacial score (nSPS) is 14.4. The first kappa shape index (κ1) is 17.4. The van der Waals surface area contributed by atoms with Gasteiger partial charge in [-0.2, -0.15) is 5.26 Å². The standard InChI is InChI=1S/C15H31N3/c1-5-8-12-18(4)13-9-10-15(7-3,14-16)17-11-6-2/h17H,5-13H2,1-4H3. The monoisotopic (exact) mass is 253 g/mol. The zero-order chi connectivity index (χ0) is 13.9. The molecule has 0 spiro atoms. The Kier molecular flexibility index (Phi) is 10.0. The summed E-state index contributed by atoms with van der Waals surface area (Å²) in [6.45, 7) is 9.67. The molecule has 0 saturated heterocycles. The van der Waals surface area contributed by atoms with Gasteiger partial charge >= 0.3 is 0 Å². The quantitative estimate of drug-likeness (QED) is 0.615. The molecule has 106 valence electrons. The van der Waals surface area contributed by atoms with Crippen molar-refractivity contribution in [2.75, 3.05) is 26.7 Å². The van der Waals surface area contributed by atoms with Gasteiger partial charge in [0.25, 0.3) is 0 Å². The van der Waals surface area contributed by atoms with E-state index in [0.717, 1.165) is 38.8 Å². The summed E-state index contributed by atoms with van der Waals surface area (Å²) in [5, 5.41) is 12.8. The summed E-state index contributed by atoms with van der Waals surface area (Å²) in [6, 6.07) is 2.49. The minimum Gasteiger partial charge on any atom is -0.306 e. The first-order valence-electron chi connectivity index (χ1n) is 7.49. The van der Waals surface area contributed by atoms with E-state index in [9.17, 15) is 5.26 Å². The van der Waals surface area contributed by atoms with Crippen molar-refractivity contribution in [2.45, 2.75) is 64.8 Å². The molecule has 18 heavy (non-hydrogen) atoms. The Morgan fingerprint density at radius 3 is 2.28 bits per heavy atom. The van der Waals surface area contributed by atoms with E-state index in [1.165, 1.54) is 19.4 Å². The number of hydrogen-bond donors (Lipinski definition) is 1. The Balaban J connectivity index is 4.00. The van der Waals surface area contributed by atoms with Gasteiger partial charge in [0.15, 0.2) is 0 Å². The predicted octanol–water partition coefficient (Wildman–Crippen LogP) is 3.17. The highest BCUT2D eigenvalue weighted by Gasteiger charge is 2.26. The molecular weight excluding hydrogens is 222 g/mol. The van der Waals surface area contributed by atoms with Gasteiger partial charge < -0.3 is 4.90 Å². The van der Waals surface area contributed by atoms with Gasteiger partial charge in [-0.1, -0.05) is 27.2 Å². The van der Waals surface area contributed by atoms with Crippen molar-refractivity contribution < 1.29 is 0 Å². The van der Waals surface area contributed by atoms with E-state index in [2.05, 4.69) is 44.1 Å². The number of nitriles is 1. The SMILES string of the molecule is CCCCN(C)CCCC(C#N)(CC)NCCC. The second-order valence-electron chi connectivity index (χ2n) is 5.23. The first-order chi connectivity index (χ1) is 8.64. The topological polar surface area (TPSA) is 39.1 Å². The molecule has 0 aliphatic carbocycles. The zero-order valence-corrected chi connectivity index (χ0v) is 12.8. The molecule has 0 fully saturated rings. The predicted molar refractivity (Wildman–Crippen MR) is 78.6 cm³/mol. The average molecular weight is 253 g/mol. The Bertz CT molecular complexity index is 234. The molecule has 1 atom stereocenters. The van der Waals surface area contributed by atoms with Crippen LogP contribution in [0.15, 0.2) is 0 Å². The lowest BCUT2D eigenvalue weighted by Gasteiger charge is -2.27. The van der Waals surface area contributed by atoms with Crippen molar-refractivity contribution >= 4 is 0 Å². The smallest absolute Gasteiger partial charge is 0.106 e. The second kappa shape index (κ2) is 10.3. The number of nitrogens with zero attached hydrogens (tertiary/aromatic N) is 2. The minimum atomic E-state index is -0.304.